The summed E-state index contributed by atoms with van der Waals surface area (Å²) in [6.07, 6.45) is 2.26. The molecule has 6 nitrogen and oxygen atoms in total. The Hall–Kier alpha value is -2.99. The Bertz CT molecular complexity index is 638. The molecule has 120 valence electrons. The molecule has 0 saturated carbocycles. The Kier molecular flexibility index (Phi) is 7.74. The van der Waals surface area contributed by atoms with Gasteiger partial charge in [0.05, 0.1) is 20.3 Å². The van der Waals surface area contributed by atoms with Crippen LogP contribution in [0.5, 0.6) is 11.5 Å². The van der Waals surface area contributed by atoms with Gasteiger partial charge < -0.3 is 14.2 Å². The minimum Gasteiger partial charge on any atom is -0.493 e. The number of rotatable bonds is 8. The largest absolute Gasteiger partial charge is 0.493 e. The smallest absolute Gasteiger partial charge is 0.305 e. The molecule has 0 atom stereocenters. The Labute approximate surface area is 135 Å². The number of allylic oxidation sites excluding steroid dienone is 1. The molecule has 0 fully saturated rings. The van der Waals surface area contributed by atoms with Crippen LogP contribution in [0.3, 0.4) is 0 Å². The lowest BCUT2D eigenvalue weighted by molar-refractivity contribution is -0.143. The van der Waals surface area contributed by atoms with Gasteiger partial charge in [-0.2, -0.15) is 10.5 Å². The summed E-state index contributed by atoms with van der Waals surface area (Å²) in [7, 11) is 1.52. The van der Waals surface area contributed by atoms with Crippen LogP contribution in [-0.2, 0) is 9.53 Å². The Morgan fingerprint density at radius 2 is 2.00 bits per heavy atom. The summed E-state index contributed by atoms with van der Waals surface area (Å²) in [6, 6.07) is 8.70. The van der Waals surface area contributed by atoms with Crippen LogP contribution in [0.1, 0.15) is 25.3 Å². The van der Waals surface area contributed by atoms with E-state index in [0.717, 1.165) is 0 Å². The zero-order chi connectivity index (χ0) is 17.1. The summed E-state index contributed by atoms with van der Waals surface area (Å²) < 4.78 is 15.7. The highest BCUT2D eigenvalue weighted by molar-refractivity contribution is 5.69. The molecule has 0 amide bonds. The molecule has 0 aliphatic heterocycles. The molecule has 1 aromatic carbocycles. The van der Waals surface area contributed by atoms with Gasteiger partial charge in [0, 0.05) is 6.42 Å². The summed E-state index contributed by atoms with van der Waals surface area (Å²) in [6.45, 7) is 2.45. The second kappa shape index (κ2) is 9.86. The van der Waals surface area contributed by atoms with Gasteiger partial charge in [-0.1, -0.05) is 6.07 Å². The minimum atomic E-state index is -0.257. The highest BCUT2D eigenvalue weighted by atomic mass is 16.5. The van der Waals surface area contributed by atoms with E-state index in [0.29, 0.717) is 36.7 Å². The maximum absolute atomic E-state index is 11.2. The van der Waals surface area contributed by atoms with E-state index in [2.05, 4.69) is 0 Å². The second-order valence-corrected chi connectivity index (χ2v) is 4.45. The van der Waals surface area contributed by atoms with Gasteiger partial charge in [-0.25, -0.2) is 0 Å². The van der Waals surface area contributed by atoms with Crippen molar-refractivity contribution < 1.29 is 19.0 Å². The maximum Gasteiger partial charge on any atom is 0.305 e. The molecule has 0 spiro atoms. The first-order chi connectivity index (χ1) is 11.1. The molecule has 1 aromatic rings. The highest BCUT2D eigenvalue weighted by Gasteiger charge is 2.07. The lowest BCUT2D eigenvalue weighted by atomic mass is 10.1. The lowest BCUT2D eigenvalue weighted by Crippen LogP contribution is -2.07. The third-order valence-corrected chi connectivity index (χ3v) is 2.83. The van der Waals surface area contributed by atoms with Crippen LogP contribution in [0.15, 0.2) is 23.8 Å². The van der Waals surface area contributed by atoms with E-state index >= 15 is 0 Å². The summed E-state index contributed by atoms with van der Waals surface area (Å²) in [4.78, 5) is 11.2. The molecule has 0 aliphatic rings. The third kappa shape index (κ3) is 6.11. The average Bonchev–Trinajstić information content (AvgIpc) is 2.57. The van der Waals surface area contributed by atoms with Crippen molar-refractivity contribution in [2.75, 3.05) is 20.3 Å². The van der Waals surface area contributed by atoms with Crippen LogP contribution in [0.25, 0.3) is 6.08 Å². The number of hydrogen-bond donors (Lipinski definition) is 0. The number of benzene rings is 1. The average molecular weight is 314 g/mol. The minimum absolute atomic E-state index is 0.00317. The number of carbonyl (C=O) groups is 1. The van der Waals surface area contributed by atoms with Crippen LogP contribution >= 0.6 is 0 Å². The Balaban J connectivity index is 2.73. The zero-order valence-corrected chi connectivity index (χ0v) is 13.2. The van der Waals surface area contributed by atoms with Gasteiger partial charge in [-0.05, 0) is 37.1 Å². The van der Waals surface area contributed by atoms with Crippen LogP contribution in [0.4, 0.5) is 0 Å². The number of nitrogens with zero attached hydrogens (tertiary/aromatic N) is 2. The predicted octanol–water partition coefficient (Wildman–Crippen LogP) is 2.85. The highest BCUT2D eigenvalue weighted by Crippen LogP contribution is 2.29. The first-order valence-corrected chi connectivity index (χ1v) is 7.13. The van der Waals surface area contributed by atoms with Gasteiger partial charge in [0.2, 0.25) is 0 Å². The van der Waals surface area contributed by atoms with Crippen molar-refractivity contribution in [3.8, 4) is 23.6 Å². The molecule has 23 heavy (non-hydrogen) atoms. The number of carbonyl (C=O) groups excluding carboxylic acids is 1. The van der Waals surface area contributed by atoms with E-state index < -0.39 is 0 Å². The van der Waals surface area contributed by atoms with Crippen LogP contribution < -0.4 is 9.47 Å². The number of methoxy groups -OCH3 is 1. The summed E-state index contributed by atoms with van der Waals surface area (Å²) in [5.41, 5.74) is 0.660. The summed E-state index contributed by atoms with van der Waals surface area (Å²) >= 11 is 0. The molecule has 0 N–H and O–H groups in total. The molecule has 0 aromatic heterocycles. The number of nitriles is 2. The Morgan fingerprint density at radius 1 is 1.26 bits per heavy atom. The fourth-order valence-corrected chi connectivity index (χ4v) is 1.78. The van der Waals surface area contributed by atoms with Crippen LogP contribution in [-0.4, -0.2) is 26.3 Å². The van der Waals surface area contributed by atoms with Crippen molar-refractivity contribution in [1.29, 1.82) is 10.5 Å². The van der Waals surface area contributed by atoms with E-state index in [9.17, 15) is 4.79 Å². The molecule has 0 heterocycles. The first kappa shape index (κ1) is 18.1. The molecule has 0 unspecified atom stereocenters. The molecule has 0 radical (unpaired) electrons. The van der Waals surface area contributed by atoms with Crippen LogP contribution in [0, 0.1) is 22.7 Å². The van der Waals surface area contributed by atoms with Gasteiger partial charge in [-0.15, -0.1) is 0 Å². The van der Waals surface area contributed by atoms with Crippen LogP contribution in [0.2, 0.25) is 0 Å². The fraction of sp³-hybridized carbons (Fsp3) is 0.353. The normalized spacial score (nSPS) is 9.22. The monoisotopic (exact) mass is 314 g/mol. The van der Waals surface area contributed by atoms with E-state index in [-0.39, 0.29) is 18.0 Å². The van der Waals surface area contributed by atoms with Crippen molar-refractivity contribution in [3.63, 3.8) is 0 Å². The van der Waals surface area contributed by atoms with Gasteiger partial charge in [0.1, 0.15) is 17.7 Å². The molecular formula is C17H18N2O4. The zero-order valence-electron chi connectivity index (χ0n) is 13.2. The van der Waals surface area contributed by atoms with Crippen molar-refractivity contribution >= 4 is 12.0 Å². The van der Waals surface area contributed by atoms with E-state index in [1.165, 1.54) is 13.2 Å². The van der Waals surface area contributed by atoms with Crippen molar-refractivity contribution in [2.45, 2.75) is 19.8 Å². The van der Waals surface area contributed by atoms with Gasteiger partial charge >= 0.3 is 5.97 Å². The predicted molar refractivity (Wildman–Crippen MR) is 83.6 cm³/mol. The first-order valence-electron chi connectivity index (χ1n) is 7.13. The molecular weight excluding hydrogens is 296 g/mol. The molecule has 0 saturated heterocycles. The quantitative estimate of drug-likeness (QED) is 0.416. The number of esters is 1. The number of ether oxygens (including phenoxy) is 3. The van der Waals surface area contributed by atoms with Crippen molar-refractivity contribution in [3.05, 3.63) is 29.3 Å². The van der Waals surface area contributed by atoms with Gasteiger partial charge in [0.15, 0.2) is 11.5 Å². The van der Waals surface area contributed by atoms with Crippen molar-refractivity contribution in [1.82, 2.24) is 0 Å². The second-order valence-electron chi connectivity index (χ2n) is 4.45. The third-order valence-electron chi connectivity index (χ3n) is 2.83. The van der Waals surface area contributed by atoms with Crippen molar-refractivity contribution in [2.24, 2.45) is 0 Å². The molecule has 0 aliphatic carbocycles. The van der Waals surface area contributed by atoms with Gasteiger partial charge in [0.25, 0.3) is 0 Å². The lowest BCUT2D eigenvalue weighted by Gasteiger charge is -2.11. The number of hydrogen-bond acceptors (Lipinski definition) is 6. The summed E-state index contributed by atoms with van der Waals surface area (Å²) in [5, 5.41) is 17.6. The van der Waals surface area contributed by atoms with E-state index in [1.54, 1.807) is 37.3 Å². The molecule has 0 bridgehead atoms. The molecule has 1 rings (SSSR count). The maximum atomic E-state index is 11.2. The van der Waals surface area contributed by atoms with E-state index in [1.807, 2.05) is 0 Å². The topological polar surface area (TPSA) is 92.3 Å². The van der Waals surface area contributed by atoms with Gasteiger partial charge in [-0.3, -0.25) is 4.79 Å². The fourth-order valence-electron chi connectivity index (χ4n) is 1.78. The Morgan fingerprint density at radius 3 is 2.61 bits per heavy atom. The summed E-state index contributed by atoms with van der Waals surface area (Å²) in [5.74, 6) is 0.765. The SMILES string of the molecule is CCOC(=O)CCCOc1cc(C=C(C#N)C#N)ccc1OC. The molecule has 6 heteroatoms. The van der Waals surface area contributed by atoms with E-state index in [4.69, 9.17) is 24.7 Å². The standard InChI is InChI=1S/C17H18N2O4/c1-3-22-17(20)5-4-8-23-16-10-13(6-7-15(16)21-2)9-14(11-18)12-19/h6-7,9-10H,3-5,8H2,1-2H3.